The van der Waals surface area contributed by atoms with Crippen LogP contribution in [0.3, 0.4) is 0 Å². The van der Waals surface area contributed by atoms with E-state index in [9.17, 15) is 27.6 Å². The van der Waals surface area contributed by atoms with Gasteiger partial charge in [0.2, 0.25) is 5.91 Å². The van der Waals surface area contributed by atoms with Crippen molar-refractivity contribution < 1.29 is 32.3 Å². The molecule has 1 saturated heterocycles. The van der Waals surface area contributed by atoms with Gasteiger partial charge < -0.3 is 20.7 Å². The number of alkyl halides is 3. The number of carbonyl (C=O) groups excluding carboxylic acids is 3. The first kappa shape index (κ1) is 23.5. The minimum absolute atomic E-state index is 0.00892. The molecular weight excluding hydrogens is 441 g/mol. The van der Waals surface area contributed by atoms with Gasteiger partial charge >= 0.3 is 6.18 Å². The fourth-order valence-corrected chi connectivity index (χ4v) is 4.45. The second-order valence-electron chi connectivity index (χ2n) is 8.87. The van der Waals surface area contributed by atoms with E-state index in [1.807, 2.05) is 0 Å². The Balaban J connectivity index is 1.53. The molecule has 2 saturated carbocycles. The Morgan fingerprint density at radius 2 is 1.85 bits per heavy atom. The number of morpholine rings is 1. The van der Waals surface area contributed by atoms with E-state index < -0.39 is 35.5 Å². The zero-order chi connectivity index (χ0) is 23.8. The second-order valence-corrected chi connectivity index (χ2v) is 8.87. The van der Waals surface area contributed by atoms with Crippen molar-refractivity contribution in [3.05, 3.63) is 23.8 Å². The van der Waals surface area contributed by atoms with Gasteiger partial charge in [-0.1, -0.05) is 6.42 Å². The number of hydrogen-bond donors (Lipinski definition) is 3. The van der Waals surface area contributed by atoms with Gasteiger partial charge in [0, 0.05) is 18.3 Å². The van der Waals surface area contributed by atoms with Gasteiger partial charge in [0.1, 0.15) is 6.61 Å². The third-order valence-corrected chi connectivity index (χ3v) is 6.54. The summed E-state index contributed by atoms with van der Waals surface area (Å²) in [7, 11) is 0. The van der Waals surface area contributed by atoms with Crippen LogP contribution in [0.25, 0.3) is 0 Å². The van der Waals surface area contributed by atoms with Crippen LogP contribution in [-0.4, -0.2) is 49.6 Å². The third-order valence-electron chi connectivity index (χ3n) is 6.54. The zero-order valence-corrected chi connectivity index (χ0v) is 18.0. The summed E-state index contributed by atoms with van der Waals surface area (Å²) in [5, 5.41) is 5.46. The number of carbonyl (C=O) groups is 3. The van der Waals surface area contributed by atoms with Crippen molar-refractivity contribution in [1.29, 1.82) is 0 Å². The Kier molecular flexibility index (Phi) is 6.62. The number of ether oxygens (including phenoxy) is 1. The Bertz CT molecular complexity index is 931. The number of nitrogens with one attached hydrogen (secondary N) is 2. The summed E-state index contributed by atoms with van der Waals surface area (Å²) in [6.45, 7) is -0.188. The van der Waals surface area contributed by atoms with Crippen molar-refractivity contribution in [1.82, 2.24) is 5.32 Å². The number of halogens is 3. The lowest BCUT2D eigenvalue weighted by Crippen LogP contribution is -2.56. The minimum atomic E-state index is -4.77. The highest BCUT2D eigenvalue weighted by molar-refractivity contribution is 6.09. The van der Waals surface area contributed by atoms with Crippen molar-refractivity contribution in [3.63, 3.8) is 0 Å². The molecule has 180 valence electrons. The molecule has 3 amide bonds. The molecule has 0 bridgehead atoms. The van der Waals surface area contributed by atoms with Crippen LogP contribution in [-0.2, 0) is 25.3 Å². The SMILES string of the molecule is NC(=O)[C@H](NC(C1CCC1)C1CC1)C(=O)Nc1ccc(N2CCOCC2=O)c(C(F)(F)F)c1. The molecule has 1 unspecified atom stereocenters. The molecule has 8 nitrogen and oxygen atoms in total. The average Bonchev–Trinajstić information content (AvgIpc) is 3.54. The molecule has 4 rings (SSSR count). The Morgan fingerprint density at radius 1 is 1.15 bits per heavy atom. The van der Waals surface area contributed by atoms with Crippen molar-refractivity contribution in [2.75, 3.05) is 30.0 Å². The fourth-order valence-electron chi connectivity index (χ4n) is 4.45. The molecule has 0 spiro atoms. The third kappa shape index (κ3) is 5.30. The first-order valence-corrected chi connectivity index (χ1v) is 11.1. The summed E-state index contributed by atoms with van der Waals surface area (Å²) in [4.78, 5) is 37.9. The van der Waals surface area contributed by atoms with Crippen molar-refractivity contribution in [2.24, 2.45) is 17.6 Å². The minimum Gasteiger partial charge on any atom is -0.370 e. The number of nitrogens with two attached hydrogens (primary N) is 1. The quantitative estimate of drug-likeness (QED) is 0.506. The normalized spacial score (nSPS) is 21.3. The molecule has 1 aromatic carbocycles. The summed E-state index contributed by atoms with van der Waals surface area (Å²) in [6, 6.07) is 1.80. The van der Waals surface area contributed by atoms with E-state index in [-0.39, 0.29) is 37.2 Å². The van der Waals surface area contributed by atoms with E-state index >= 15 is 0 Å². The lowest BCUT2D eigenvalue weighted by Gasteiger charge is -2.36. The summed E-state index contributed by atoms with van der Waals surface area (Å²) in [5.41, 5.74) is 3.94. The molecule has 2 aliphatic carbocycles. The molecule has 0 radical (unpaired) electrons. The van der Waals surface area contributed by atoms with Gasteiger partial charge in [-0.2, -0.15) is 13.2 Å². The van der Waals surface area contributed by atoms with Gasteiger partial charge in [-0.05, 0) is 55.7 Å². The van der Waals surface area contributed by atoms with Crippen LogP contribution in [0.15, 0.2) is 18.2 Å². The maximum Gasteiger partial charge on any atom is 0.418 e. The molecule has 3 fully saturated rings. The second kappa shape index (κ2) is 9.30. The van der Waals surface area contributed by atoms with E-state index in [2.05, 4.69) is 10.6 Å². The lowest BCUT2D eigenvalue weighted by molar-refractivity contribution is -0.137. The van der Waals surface area contributed by atoms with Crippen LogP contribution < -0.4 is 21.3 Å². The number of amides is 3. The number of hydrogen-bond acceptors (Lipinski definition) is 5. The summed E-state index contributed by atoms with van der Waals surface area (Å²) in [5.74, 6) is -1.52. The molecule has 1 heterocycles. The first-order chi connectivity index (χ1) is 15.6. The summed E-state index contributed by atoms with van der Waals surface area (Å²) >= 11 is 0. The number of anilines is 2. The van der Waals surface area contributed by atoms with E-state index in [4.69, 9.17) is 10.5 Å². The van der Waals surface area contributed by atoms with Gasteiger partial charge in [0.15, 0.2) is 6.04 Å². The van der Waals surface area contributed by atoms with Crippen LogP contribution in [0.2, 0.25) is 0 Å². The number of primary amides is 1. The predicted octanol–water partition coefficient (Wildman–Crippen LogP) is 2.03. The Labute approximate surface area is 189 Å². The maximum absolute atomic E-state index is 13.8. The fraction of sp³-hybridized carbons (Fsp3) is 0.591. The lowest BCUT2D eigenvalue weighted by atomic mass is 9.77. The van der Waals surface area contributed by atoms with E-state index in [1.165, 1.54) is 6.07 Å². The largest absolute Gasteiger partial charge is 0.418 e. The van der Waals surface area contributed by atoms with Gasteiger partial charge in [0.05, 0.1) is 17.9 Å². The Morgan fingerprint density at radius 3 is 2.39 bits per heavy atom. The highest BCUT2D eigenvalue weighted by atomic mass is 19.4. The predicted molar refractivity (Wildman–Crippen MR) is 113 cm³/mol. The molecule has 1 aromatic rings. The molecule has 33 heavy (non-hydrogen) atoms. The molecule has 4 N–H and O–H groups in total. The van der Waals surface area contributed by atoms with Crippen LogP contribution >= 0.6 is 0 Å². The smallest absolute Gasteiger partial charge is 0.370 e. The molecular formula is C22H27F3N4O4. The highest BCUT2D eigenvalue weighted by Gasteiger charge is 2.42. The van der Waals surface area contributed by atoms with E-state index in [1.54, 1.807) is 0 Å². The summed E-state index contributed by atoms with van der Waals surface area (Å²) < 4.78 is 46.3. The first-order valence-electron chi connectivity index (χ1n) is 11.1. The van der Waals surface area contributed by atoms with Gasteiger partial charge in [0.25, 0.3) is 11.8 Å². The van der Waals surface area contributed by atoms with Crippen LogP contribution in [0.5, 0.6) is 0 Å². The topological polar surface area (TPSA) is 114 Å². The molecule has 0 aromatic heterocycles. The van der Waals surface area contributed by atoms with E-state index in [0.29, 0.717) is 11.8 Å². The van der Waals surface area contributed by atoms with E-state index in [0.717, 1.165) is 49.1 Å². The van der Waals surface area contributed by atoms with Crippen molar-refractivity contribution in [3.8, 4) is 0 Å². The van der Waals surface area contributed by atoms with Gasteiger partial charge in [-0.15, -0.1) is 0 Å². The van der Waals surface area contributed by atoms with Gasteiger partial charge in [-0.3, -0.25) is 19.7 Å². The monoisotopic (exact) mass is 468 g/mol. The number of nitrogens with zero attached hydrogens (tertiary/aromatic N) is 1. The van der Waals surface area contributed by atoms with Crippen LogP contribution in [0, 0.1) is 11.8 Å². The van der Waals surface area contributed by atoms with Crippen LogP contribution in [0.1, 0.15) is 37.7 Å². The molecule has 2 atom stereocenters. The standard InChI is InChI=1S/C22H27F3N4O4/c23-22(24,25)15-10-14(6-7-16(15)29-8-9-33-11-17(29)30)27-21(32)19(20(26)31)28-18(13-4-5-13)12-2-1-3-12/h6-7,10,12-13,18-19,28H,1-5,8-9,11H2,(H2,26,31)(H,27,32)/t18?,19-/m0/s1. The summed E-state index contributed by atoms with van der Waals surface area (Å²) in [6.07, 6.45) is 0.379. The zero-order valence-electron chi connectivity index (χ0n) is 18.0. The molecule has 11 heteroatoms. The Hall–Kier alpha value is -2.66. The highest BCUT2D eigenvalue weighted by Crippen LogP contribution is 2.42. The number of rotatable bonds is 8. The van der Waals surface area contributed by atoms with Crippen LogP contribution in [0.4, 0.5) is 24.5 Å². The molecule has 1 aliphatic heterocycles. The maximum atomic E-state index is 13.8. The number of benzene rings is 1. The van der Waals surface area contributed by atoms with Crippen molar-refractivity contribution in [2.45, 2.75) is 50.4 Å². The van der Waals surface area contributed by atoms with Gasteiger partial charge in [-0.25, -0.2) is 0 Å². The average molecular weight is 468 g/mol. The van der Waals surface area contributed by atoms with Crippen molar-refractivity contribution >= 4 is 29.1 Å². The molecule has 3 aliphatic rings.